The Kier molecular flexibility index (Phi) is 5.25. The number of esters is 1. The van der Waals surface area contributed by atoms with Crippen LogP contribution in [0.4, 0.5) is 4.79 Å². The van der Waals surface area contributed by atoms with Crippen molar-refractivity contribution in [1.82, 2.24) is 25.6 Å². The fourth-order valence-corrected chi connectivity index (χ4v) is 3.36. The number of carbonyl (C=O) groups excluding carboxylic acids is 2. The van der Waals surface area contributed by atoms with E-state index in [1.165, 1.54) is 0 Å². The number of hydrogen-bond acceptors (Lipinski definition) is 6. The molecule has 9 heteroatoms. The second-order valence-corrected chi connectivity index (χ2v) is 6.62. The molecule has 0 saturated carbocycles. The second-order valence-electron chi connectivity index (χ2n) is 6.62. The lowest BCUT2D eigenvalue weighted by Crippen LogP contribution is -2.47. The molecule has 1 aliphatic rings. The number of hydrogen-bond donors (Lipinski definition) is 2. The van der Waals surface area contributed by atoms with Crippen molar-refractivity contribution in [2.75, 3.05) is 6.61 Å². The van der Waals surface area contributed by atoms with E-state index >= 15 is 0 Å². The van der Waals surface area contributed by atoms with E-state index in [-0.39, 0.29) is 30.0 Å². The Hall–Kier alpha value is -4.01. The number of nitrogens with zero attached hydrogens (tertiary/aromatic N) is 3. The van der Waals surface area contributed by atoms with Gasteiger partial charge in [0.15, 0.2) is 0 Å². The lowest BCUT2D eigenvalue weighted by molar-refractivity contribution is -0.139. The largest absolute Gasteiger partial charge is 0.463 e. The summed E-state index contributed by atoms with van der Waals surface area (Å²) in [5, 5.41) is 13.8. The Labute approximate surface area is 171 Å². The van der Waals surface area contributed by atoms with Gasteiger partial charge in [-0.05, 0) is 24.6 Å². The van der Waals surface area contributed by atoms with Gasteiger partial charge >= 0.3 is 12.0 Å². The van der Waals surface area contributed by atoms with Crippen molar-refractivity contribution in [3.63, 3.8) is 0 Å². The van der Waals surface area contributed by atoms with Gasteiger partial charge in [0.25, 0.3) is 5.56 Å². The van der Waals surface area contributed by atoms with Crippen molar-refractivity contribution in [2.24, 2.45) is 0 Å². The van der Waals surface area contributed by atoms with Crippen molar-refractivity contribution < 1.29 is 14.3 Å². The predicted octanol–water partition coefficient (Wildman–Crippen LogP) is 1.66. The maximum atomic E-state index is 12.8. The van der Waals surface area contributed by atoms with E-state index in [1.54, 1.807) is 43.3 Å². The zero-order valence-electron chi connectivity index (χ0n) is 16.2. The number of fused-ring (bicyclic) bond motifs is 1. The molecule has 0 bridgehead atoms. The number of rotatable bonds is 5. The first-order chi connectivity index (χ1) is 14.6. The zero-order valence-corrected chi connectivity index (χ0v) is 16.2. The first-order valence-electron chi connectivity index (χ1n) is 9.43. The van der Waals surface area contributed by atoms with Gasteiger partial charge in [0.05, 0.1) is 35.8 Å². The van der Waals surface area contributed by atoms with E-state index in [4.69, 9.17) is 4.74 Å². The van der Waals surface area contributed by atoms with Crippen LogP contribution in [0.3, 0.4) is 0 Å². The van der Waals surface area contributed by atoms with Crippen molar-refractivity contribution in [1.29, 1.82) is 0 Å². The molecule has 0 aliphatic carbocycles. The highest BCUT2D eigenvalue weighted by Gasteiger charge is 2.34. The molecule has 0 spiro atoms. The second kappa shape index (κ2) is 8.16. The summed E-state index contributed by atoms with van der Waals surface area (Å²) in [4.78, 5) is 38.0. The van der Waals surface area contributed by atoms with Crippen LogP contribution in [0.25, 0.3) is 10.9 Å². The Balaban J connectivity index is 1.83. The van der Waals surface area contributed by atoms with Crippen LogP contribution in [0.5, 0.6) is 0 Å². The maximum absolute atomic E-state index is 12.8. The molecular weight excluding hydrogens is 386 g/mol. The molecule has 152 valence electrons. The Morgan fingerprint density at radius 1 is 1.10 bits per heavy atom. The number of ether oxygens (including phenoxy) is 1. The van der Waals surface area contributed by atoms with Gasteiger partial charge in [-0.25, -0.2) is 14.3 Å². The molecule has 30 heavy (non-hydrogen) atoms. The van der Waals surface area contributed by atoms with Crippen molar-refractivity contribution in [3.8, 4) is 0 Å². The molecule has 0 unspecified atom stereocenters. The van der Waals surface area contributed by atoms with Gasteiger partial charge in [-0.2, -0.15) is 0 Å². The molecule has 1 aliphatic heterocycles. The molecule has 2 amide bonds. The zero-order chi connectivity index (χ0) is 21.1. The van der Waals surface area contributed by atoms with E-state index < -0.39 is 18.0 Å². The summed E-state index contributed by atoms with van der Waals surface area (Å²) in [6, 6.07) is 14.7. The molecule has 2 heterocycles. The summed E-state index contributed by atoms with van der Waals surface area (Å²) in [6.45, 7) is 1.73. The third kappa shape index (κ3) is 3.64. The summed E-state index contributed by atoms with van der Waals surface area (Å²) in [5.41, 5.74) is 1.25. The predicted molar refractivity (Wildman–Crippen MR) is 108 cm³/mol. The van der Waals surface area contributed by atoms with Gasteiger partial charge in [0, 0.05) is 0 Å². The lowest BCUT2D eigenvalue weighted by atomic mass is 9.95. The third-order valence-corrected chi connectivity index (χ3v) is 4.72. The van der Waals surface area contributed by atoms with Gasteiger partial charge in [0.2, 0.25) is 0 Å². The van der Waals surface area contributed by atoms with Crippen molar-refractivity contribution >= 4 is 22.9 Å². The number of urea groups is 1. The van der Waals surface area contributed by atoms with Gasteiger partial charge in [-0.1, -0.05) is 47.7 Å². The summed E-state index contributed by atoms with van der Waals surface area (Å²) in [7, 11) is 0. The normalized spacial score (nSPS) is 16.2. The standard InChI is InChI=1S/C21H19N5O4/c1-2-30-20(28)17-16(22-21(29)23-18(17)13-8-4-3-5-9-13)12-26-19(27)14-10-6-7-11-15(14)24-25-26/h3-11,18H,2,12H2,1H3,(H2,22,23,29)/t18-/m0/s1. The summed E-state index contributed by atoms with van der Waals surface area (Å²) < 4.78 is 6.34. The lowest BCUT2D eigenvalue weighted by Gasteiger charge is -2.29. The van der Waals surface area contributed by atoms with Crippen LogP contribution in [0.1, 0.15) is 18.5 Å². The highest BCUT2D eigenvalue weighted by molar-refractivity contribution is 5.95. The van der Waals surface area contributed by atoms with Crippen LogP contribution in [0, 0.1) is 0 Å². The fraction of sp³-hybridized carbons (Fsp3) is 0.190. The van der Waals surface area contributed by atoms with Gasteiger partial charge in [-0.15, -0.1) is 5.10 Å². The highest BCUT2D eigenvalue weighted by atomic mass is 16.5. The summed E-state index contributed by atoms with van der Waals surface area (Å²) >= 11 is 0. The molecule has 0 saturated heterocycles. The van der Waals surface area contributed by atoms with Gasteiger partial charge in [0.1, 0.15) is 5.52 Å². The van der Waals surface area contributed by atoms with E-state index in [9.17, 15) is 14.4 Å². The van der Waals surface area contributed by atoms with Crippen LogP contribution in [-0.4, -0.2) is 33.6 Å². The monoisotopic (exact) mass is 405 g/mol. The molecule has 1 aromatic heterocycles. The van der Waals surface area contributed by atoms with Crippen LogP contribution >= 0.6 is 0 Å². The van der Waals surface area contributed by atoms with Crippen LogP contribution in [0.15, 0.2) is 70.7 Å². The summed E-state index contributed by atoms with van der Waals surface area (Å²) in [5.74, 6) is -0.587. The SMILES string of the molecule is CCOC(=O)C1=C(Cn2nnc3ccccc3c2=O)NC(=O)N[C@H]1c1ccccc1. The average Bonchev–Trinajstić information content (AvgIpc) is 2.76. The number of allylic oxidation sites excluding steroid dienone is 1. The molecule has 2 N–H and O–H groups in total. The minimum atomic E-state index is -0.724. The maximum Gasteiger partial charge on any atom is 0.338 e. The minimum Gasteiger partial charge on any atom is -0.463 e. The topological polar surface area (TPSA) is 115 Å². The molecule has 9 nitrogen and oxygen atoms in total. The molecule has 1 atom stereocenters. The van der Waals surface area contributed by atoms with Gasteiger partial charge < -0.3 is 15.4 Å². The minimum absolute atomic E-state index is 0.137. The number of aromatic nitrogens is 3. The molecule has 2 aromatic carbocycles. The molecular formula is C21H19N5O4. The number of carbonyl (C=O) groups is 2. The first kappa shape index (κ1) is 19.3. The Morgan fingerprint density at radius 2 is 1.83 bits per heavy atom. The number of amides is 2. The third-order valence-electron chi connectivity index (χ3n) is 4.72. The van der Waals surface area contributed by atoms with Crippen LogP contribution in [-0.2, 0) is 16.1 Å². The van der Waals surface area contributed by atoms with E-state index in [2.05, 4.69) is 20.9 Å². The smallest absolute Gasteiger partial charge is 0.338 e. The van der Waals surface area contributed by atoms with Crippen LogP contribution < -0.4 is 16.2 Å². The highest BCUT2D eigenvalue weighted by Crippen LogP contribution is 2.28. The van der Waals surface area contributed by atoms with E-state index in [0.29, 0.717) is 16.5 Å². The average molecular weight is 405 g/mol. The number of nitrogens with one attached hydrogen (secondary N) is 2. The molecule has 4 rings (SSSR count). The quantitative estimate of drug-likeness (QED) is 0.624. The summed E-state index contributed by atoms with van der Waals surface area (Å²) in [6.07, 6.45) is 0. The van der Waals surface area contributed by atoms with Gasteiger partial charge in [-0.3, -0.25) is 4.79 Å². The Morgan fingerprint density at radius 3 is 2.60 bits per heavy atom. The van der Waals surface area contributed by atoms with Crippen molar-refractivity contribution in [2.45, 2.75) is 19.5 Å². The molecule has 0 fully saturated rings. The number of benzene rings is 2. The fourth-order valence-electron chi connectivity index (χ4n) is 3.36. The van der Waals surface area contributed by atoms with Crippen molar-refractivity contribution in [3.05, 3.63) is 81.8 Å². The first-order valence-corrected chi connectivity index (χ1v) is 9.43. The molecule has 3 aromatic rings. The molecule has 0 radical (unpaired) electrons. The van der Waals surface area contributed by atoms with Crippen LogP contribution in [0.2, 0.25) is 0 Å². The van der Waals surface area contributed by atoms with E-state index in [0.717, 1.165) is 4.68 Å². The Bertz CT molecular complexity index is 1200. The van der Waals surface area contributed by atoms with E-state index in [1.807, 2.05) is 18.2 Å².